The van der Waals surface area contributed by atoms with Gasteiger partial charge in [0, 0.05) is 24.0 Å². The van der Waals surface area contributed by atoms with Crippen molar-refractivity contribution >= 4 is 37.7 Å². The summed E-state index contributed by atoms with van der Waals surface area (Å²) in [5.74, 6) is 0. The van der Waals surface area contributed by atoms with Crippen molar-refractivity contribution in [3.8, 4) is 0 Å². The van der Waals surface area contributed by atoms with Crippen molar-refractivity contribution in [3.05, 3.63) is 48.0 Å². The Hall–Kier alpha value is -2.59. The van der Waals surface area contributed by atoms with Crippen LogP contribution in [0.15, 0.2) is 36.8 Å². The zero-order valence-electron chi connectivity index (χ0n) is 17.9. The Morgan fingerprint density at radius 3 is 2.94 bits per heavy atom. The lowest BCUT2D eigenvalue weighted by Crippen LogP contribution is -2.37. The van der Waals surface area contributed by atoms with Gasteiger partial charge in [-0.15, -0.1) is 0 Å². The molecule has 2 fully saturated rings. The van der Waals surface area contributed by atoms with E-state index < -0.39 is 17.6 Å². The van der Waals surface area contributed by atoms with E-state index in [1.807, 2.05) is 30.8 Å². The molecule has 2 aliphatic rings. The maximum atomic E-state index is 11.1. The third kappa shape index (κ3) is 2.88. The summed E-state index contributed by atoms with van der Waals surface area (Å²) in [6.45, 7) is 2.36. The van der Waals surface area contributed by atoms with Crippen molar-refractivity contribution in [2.24, 2.45) is 5.41 Å². The van der Waals surface area contributed by atoms with Gasteiger partial charge in [-0.3, -0.25) is 0 Å². The van der Waals surface area contributed by atoms with Gasteiger partial charge in [-0.25, -0.2) is 15.0 Å². The summed E-state index contributed by atoms with van der Waals surface area (Å²) in [6.07, 6.45) is 2.88. The van der Waals surface area contributed by atoms with Crippen molar-refractivity contribution < 1.29 is 14.9 Å². The fraction of sp³-hybridized carbons (Fsp3) is 0.435. The van der Waals surface area contributed by atoms with E-state index in [-0.39, 0.29) is 12.1 Å². The monoisotopic (exact) mass is 451 g/mol. The second-order valence-corrected chi connectivity index (χ2v) is 10.0. The van der Waals surface area contributed by atoms with Crippen LogP contribution in [0.1, 0.15) is 36.2 Å². The number of rotatable bonds is 3. The highest BCUT2D eigenvalue weighted by Crippen LogP contribution is 2.55. The molecule has 6 rings (SSSR count). The second kappa shape index (κ2) is 7.21. The summed E-state index contributed by atoms with van der Waals surface area (Å²) in [5.41, 5.74) is 3.19. The van der Waals surface area contributed by atoms with E-state index in [1.54, 1.807) is 17.7 Å². The quantitative estimate of drug-likeness (QED) is 0.439. The van der Waals surface area contributed by atoms with Gasteiger partial charge >= 0.3 is 0 Å². The molecule has 1 aromatic carbocycles. The van der Waals surface area contributed by atoms with E-state index in [1.165, 1.54) is 0 Å². The number of hydrogen-bond acceptors (Lipinski definition) is 8. The molecular formula is C23H25N5O3S. The van der Waals surface area contributed by atoms with Crippen LogP contribution >= 0.6 is 11.3 Å². The van der Waals surface area contributed by atoms with Gasteiger partial charge in [-0.1, -0.05) is 17.4 Å². The number of aliphatic hydroxyl groups is 2. The zero-order chi connectivity index (χ0) is 22.0. The van der Waals surface area contributed by atoms with E-state index in [0.29, 0.717) is 19.4 Å². The molecule has 0 unspecified atom stereocenters. The lowest BCUT2D eigenvalue weighted by molar-refractivity contribution is -0.0309. The number of aromatic nitrogens is 4. The summed E-state index contributed by atoms with van der Waals surface area (Å²) >= 11 is 1.62. The summed E-state index contributed by atoms with van der Waals surface area (Å²) in [4.78, 5) is 13.3. The zero-order valence-corrected chi connectivity index (χ0v) is 18.7. The fourth-order valence-corrected chi connectivity index (χ4v) is 6.23. The number of benzene rings is 1. The SMILES string of the molecule is CNc1nc2cc([C@H]3C[C@@]4(CO3)C[C@@H](n3ccc5c(C)ncnc53)[C@H](O)[C@@H]4O)ccc2s1. The van der Waals surface area contributed by atoms with Crippen LogP contribution in [0.25, 0.3) is 21.3 Å². The fourth-order valence-electron chi connectivity index (χ4n) is 5.43. The number of nitrogens with zero attached hydrogens (tertiary/aromatic N) is 4. The number of fused-ring (bicyclic) bond motifs is 2. The molecule has 9 heteroatoms. The Morgan fingerprint density at radius 2 is 2.09 bits per heavy atom. The smallest absolute Gasteiger partial charge is 0.183 e. The van der Waals surface area contributed by atoms with Gasteiger partial charge in [0.25, 0.3) is 0 Å². The molecule has 32 heavy (non-hydrogen) atoms. The summed E-state index contributed by atoms with van der Waals surface area (Å²) in [5, 5.41) is 27.1. The molecule has 4 aromatic rings. The highest BCUT2D eigenvalue weighted by molar-refractivity contribution is 7.22. The molecule has 166 valence electrons. The van der Waals surface area contributed by atoms with Crippen molar-refractivity contribution in [3.63, 3.8) is 0 Å². The highest BCUT2D eigenvalue weighted by Gasteiger charge is 2.57. The molecule has 1 spiro atoms. The molecule has 0 radical (unpaired) electrons. The molecule has 0 bridgehead atoms. The van der Waals surface area contributed by atoms with Gasteiger partial charge in [0.2, 0.25) is 0 Å². The topological polar surface area (TPSA) is 105 Å². The molecule has 3 N–H and O–H groups in total. The first kappa shape index (κ1) is 20.0. The maximum Gasteiger partial charge on any atom is 0.183 e. The van der Waals surface area contributed by atoms with Gasteiger partial charge in [0.05, 0.1) is 40.8 Å². The largest absolute Gasteiger partial charge is 0.390 e. The number of nitrogens with one attached hydrogen (secondary N) is 1. The van der Waals surface area contributed by atoms with E-state index in [0.717, 1.165) is 37.6 Å². The predicted molar refractivity (Wildman–Crippen MR) is 123 cm³/mol. The minimum atomic E-state index is -0.887. The van der Waals surface area contributed by atoms with Crippen LogP contribution in [0.4, 0.5) is 5.13 Å². The number of aryl methyl sites for hydroxylation is 1. The van der Waals surface area contributed by atoms with E-state index in [2.05, 4.69) is 38.5 Å². The molecule has 1 aliphatic carbocycles. The standard InChI is InChI=1S/C23H25N5O3S/c1-12-14-5-6-28(21(14)26-11-25-12)16-8-23(20(30)19(16)29)9-17(31-10-23)13-3-4-18-15(7-13)27-22(24-2)32-18/h3-7,11,16-17,19-20,29-30H,8-10H2,1-2H3,(H,24,27)/t16-,17-,19+,20+,23-/m1/s1. The van der Waals surface area contributed by atoms with Gasteiger partial charge < -0.3 is 24.8 Å². The third-order valence-corrected chi connectivity index (χ3v) is 8.24. The van der Waals surface area contributed by atoms with Crippen LogP contribution in [0, 0.1) is 12.3 Å². The van der Waals surface area contributed by atoms with Crippen molar-refractivity contribution in [1.29, 1.82) is 0 Å². The first-order chi connectivity index (χ1) is 15.5. The lowest BCUT2D eigenvalue weighted by atomic mass is 9.80. The van der Waals surface area contributed by atoms with E-state index in [9.17, 15) is 10.2 Å². The molecule has 0 amide bonds. The van der Waals surface area contributed by atoms with Crippen molar-refractivity contribution in [2.75, 3.05) is 19.0 Å². The Morgan fingerprint density at radius 1 is 1.22 bits per heavy atom. The minimum absolute atomic E-state index is 0.134. The molecule has 3 aromatic heterocycles. The van der Waals surface area contributed by atoms with Gasteiger partial charge in [-0.2, -0.15) is 0 Å². The number of anilines is 1. The van der Waals surface area contributed by atoms with Crippen LogP contribution in [-0.2, 0) is 4.74 Å². The predicted octanol–water partition coefficient (Wildman–Crippen LogP) is 3.21. The van der Waals surface area contributed by atoms with Crippen LogP contribution in [0.3, 0.4) is 0 Å². The maximum absolute atomic E-state index is 11.1. The van der Waals surface area contributed by atoms with Gasteiger partial charge in [-0.05, 0) is 43.5 Å². The number of thiazole rings is 1. The van der Waals surface area contributed by atoms with E-state index >= 15 is 0 Å². The minimum Gasteiger partial charge on any atom is -0.390 e. The third-order valence-electron chi connectivity index (χ3n) is 7.19. The van der Waals surface area contributed by atoms with Crippen molar-refractivity contribution in [1.82, 2.24) is 19.5 Å². The molecule has 4 heterocycles. The van der Waals surface area contributed by atoms with Gasteiger partial charge in [0.15, 0.2) is 5.13 Å². The molecule has 8 nitrogen and oxygen atoms in total. The Kier molecular flexibility index (Phi) is 4.52. The van der Waals surface area contributed by atoms with E-state index in [4.69, 9.17) is 4.74 Å². The average Bonchev–Trinajstić information content (AvgIpc) is 3.56. The molecule has 1 saturated carbocycles. The normalized spacial score (nSPS) is 30.1. The van der Waals surface area contributed by atoms with Crippen LogP contribution in [0.5, 0.6) is 0 Å². The van der Waals surface area contributed by atoms with Crippen molar-refractivity contribution in [2.45, 2.75) is 44.1 Å². The van der Waals surface area contributed by atoms with Crippen LogP contribution < -0.4 is 5.32 Å². The number of aliphatic hydroxyl groups excluding tert-OH is 2. The molecule has 1 aliphatic heterocycles. The van der Waals surface area contributed by atoms with Crippen LogP contribution in [-0.4, -0.2) is 55.6 Å². The first-order valence-corrected chi connectivity index (χ1v) is 11.6. The summed E-state index contributed by atoms with van der Waals surface area (Å²) < 4.78 is 9.31. The number of ether oxygens (including phenoxy) is 1. The highest BCUT2D eigenvalue weighted by atomic mass is 32.1. The summed E-state index contributed by atoms with van der Waals surface area (Å²) in [6, 6.07) is 7.95. The Bertz CT molecular complexity index is 1320. The van der Waals surface area contributed by atoms with Crippen LogP contribution in [0.2, 0.25) is 0 Å². The molecule has 1 saturated heterocycles. The Balaban J connectivity index is 1.29. The first-order valence-electron chi connectivity index (χ1n) is 10.8. The Labute approximate surface area is 188 Å². The average molecular weight is 452 g/mol. The molecule has 5 atom stereocenters. The number of hydrogen-bond donors (Lipinski definition) is 3. The molecular weight excluding hydrogens is 426 g/mol. The lowest BCUT2D eigenvalue weighted by Gasteiger charge is -2.26. The van der Waals surface area contributed by atoms with Gasteiger partial charge in [0.1, 0.15) is 18.1 Å². The summed E-state index contributed by atoms with van der Waals surface area (Å²) in [7, 11) is 1.87. The second-order valence-electron chi connectivity index (χ2n) is 8.99.